The van der Waals surface area contributed by atoms with E-state index in [-0.39, 0.29) is 5.92 Å². The molecule has 4 aromatic carbocycles. The second-order valence-corrected chi connectivity index (χ2v) is 8.89. The maximum absolute atomic E-state index is 10.7. The summed E-state index contributed by atoms with van der Waals surface area (Å²) in [5.74, 6) is 0.880. The van der Waals surface area contributed by atoms with Crippen molar-refractivity contribution in [3.63, 3.8) is 0 Å². The molecule has 2 heteroatoms. The zero-order chi connectivity index (χ0) is 22.1. The van der Waals surface area contributed by atoms with Crippen LogP contribution in [0.2, 0.25) is 0 Å². The molecule has 4 rings (SSSR count). The van der Waals surface area contributed by atoms with Gasteiger partial charge in [0.15, 0.2) is 0 Å². The molecular weight excluding hydrogens is 380 g/mol. The van der Waals surface area contributed by atoms with Crippen LogP contribution in [0, 0.1) is 27.7 Å². The van der Waals surface area contributed by atoms with Crippen LogP contribution in [0.4, 0.5) is 0 Å². The first kappa shape index (κ1) is 21.0. The predicted octanol–water partition coefficient (Wildman–Crippen LogP) is 7.05. The van der Waals surface area contributed by atoms with Crippen molar-refractivity contribution < 1.29 is 10.2 Å². The van der Waals surface area contributed by atoms with Gasteiger partial charge >= 0.3 is 0 Å². The van der Waals surface area contributed by atoms with Gasteiger partial charge in [0.05, 0.1) is 0 Å². The molecule has 0 fully saturated rings. The number of hydrogen-bond donors (Lipinski definition) is 2. The van der Waals surface area contributed by atoms with Crippen LogP contribution >= 0.6 is 0 Å². The molecule has 0 radical (unpaired) electrons. The van der Waals surface area contributed by atoms with E-state index in [2.05, 4.69) is 68.4 Å². The molecule has 0 bridgehead atoms. The van der Waals surface area contributed by atoms with E-state index in [9.17, 15) is 10.2 Å². The van der Waals surface area contributed by atoms with Crippen LogP contribution in [0.5, 0.6) is 11.5 Å². The van der Waals surface area contributed by atoms with Crippen molar-refractivity contribution in [3.05, 3.63) is 106 Å². The van der Waals surface area contributed by atoms with Crippen LogP contribution in [-0.2, 0) is 12.8 Å². The highest BCUT2D eigenvalue weighted by Gasteiger charge is 2.19. The normalized spacial score (nSPS) is 11.4. The summed E-state index contributed by atoms with van der Waals surface area (Å²) in [6.45, 7) is 8.03. The molecule has 2 N–H and O–H groups in total. The quantitative estimate of drug-likeness (QED) is 0.370. The van der Waals surface area contributed by atoms with Gasteiger partial charge in [0.2, 0.25) is 0 Å². The van der Waals surface area contributed by atoms with Crippen LogP contribution in [0.1, 0.15) is 44.9 Å². The van der Waals surface area contributed by atoms with Gasteiger partial charge in [-0.25, -0.2) is 0 Å². The van der Waals surface area contributed by atoms with Crippen molar-refractivity contribution >= 4 is 10.8 Å². The zero-order valence-corrected chi connectivity index (χ0v) is 18.7. The fourth-order valence-corrected chi connectivity index (χ4v) is 4.71. The van der Waals surface area contributed by atoms with E-state index in [0.29, 0.717) is 24.3 Å². The van der Waals surface area contributed by atoms with Crippen LogP contribution in [-0.4, -0.2) is 10.2 Å². The van der Waals surface area contributed by atoms with E-state index in [1.807, 2.05) is 26.0 Å². The molecule has 0 aliphatic carbocycles. The Morgan fingerprint density at radius 1 is 0.613 bits per heavy atom. The molecule has 0 heterocycles. The lowest BCUT2D eigenvalue weighted by atomic mass is 9.84. The van der Waals surface area contributed by atoms with Crippen molar-refractivity contribution in [2.75, 3.05) is 0 Å². The average Bonchev–Trinajstić information content (AvgIpc) is 2.74. The van der Waals surface area contributed by atoms with Crippen molar-refractivity contribution in [3.8, 4) is 11.5 Å². The molecule has 2 nitrogen and oxygen atoms in total. The van der Waals surface area contributed by atoms with Crippen molar-refractivity contribution in [1.29, 1.82) is 0 Å². The fourth-order valence-electron chi connectivity index (χ4n) is 4.71. The van der Waals surface area contributed by atoms with Gasteiger partial charge in [-0.1, -0.05) is 77.9 Å². The molecule has 0 amide bonds. The molecule has 0 aromatic heterocycles. The molecule has 0 aliphatic rings. The highest BCUT2D eigenvalue weighted by atomic mass is 16.3. The van der Waals surface area contributed by atoms with Gasteiger partial charge in [-0.15, -0.1) is 0 Å². The van der Waals surface area contributed by atoms with Crippen LogP contribution in [0.25, 0.3) is 10.8 Å². The summed E-state index contributed by atoms with van der Waals surface area (Å²) in [7, 11) is 0. The van der Waals surface area contributed by atoms with Crippen molar-refractivity contribution in [2.24, 2.45) is 0 Å². The van der Waals surface area contributed by atoms with Crippen LogP contribution in [0.3, 0.4) is 0 Å². The van der Waals surface area contributed by atoms with E-state index in [0.717, 1.165) is 33.4 Å². The van der Waals surface area contributed by atoms with E-state index in [1.165, 1.54) is 16.3 Å². The first-order valence-electron chi connectivity index (χ1n) is 10.9. The Labute approximate surface area is 184 Å². The Morgan fingerprint density at radius 3 is 1.68 bits per heavy atom. The topological polar surface area (TPSA) is 40.5 Å². The molecule has 0 saturated heterocycles. The Morgan fingerprint density at radius 2 is 1.13 bits per heavy atom. The third kappa shape index (κ3) is 4.44. The number of aryl methyl sites for hydroxylation is 4. The molecule has 0 spiro atoms. The van der Waals surface area contributed by atoms with E-state index < -0.39 is 0 Å². The summed E-state index contributed by atoms with van der Waals surface area (Å²) >= 11 is 0. The summed E-state index contributed by atoms with van der Waals surface area (Å²) in [5.41, 5.74) is 7.24. The van der Waals surface area contributed by atoms with Gasteiger partial charge in [0, 0.05) is 0 Å². The number of hydrogen-bond acceptors (Lipinski definition) is 2. The lowest BCUT2D eigenvalue weighted by Crippen LogP contribution is -2.08. The third-order valence-corrected chi connectivity index (χ3v) is 6.23. The van der Waals surface area contributed by atoms with Crippen LogP contribution in [0.15, 0.2) is 66.7 Å². The predicted molar refractivity (Wildman–Crippen MR) is 129 cm³/mol. The minimum absolute atomic E-state index is 0.129. The first-order chi connectivity index (χ1) is 14.8. The first-order valence-corrected chi connectivity index (χ1v) is 10.9. The minimum Gasteiger partial charge on any atom is -0.507 e. The minimum atomic E-state index is 0.129. The number of phenols is 2. The Bertz CT molecular complexity index is 1190. The van der Waals surface area contributed by atoms with Gasteiger partial charge in [0.25, 0.3) is 0 Å². The largest absolute Gasteiger partial charge is 0.507 e. The van der Waals surface area contributed by atoms with E-state index >= 15 is 0 Å². The molecule has 0 aliphatic heterocycles. The standard InChI is InChI=1S/C29H30O2/c1-18-11-20(3)28(30)26(13-18)16-25(17-27-14-19(2)12-21(4)29(27)31)24-10-9-22-7-5-6-8-23(22)15-24/h5-15,25,30-31H,16-17H2,1-4H3. The number of benzene rings is 4. The van der Waals surface area contributed by atoms with Gasteiger partial charge in [-0.2, -0.15) is 0 Å². The van der Waals surface area contributed by atoms with E-state index in [4.69, 9.17) is 0 Å². The second-order valence-electron chi connectivity index (χ2n) is 8.89. The summed E-state index contributed by atoms with van der Waals surface area (Å²) in [6, 6.07) is 23.2. The molecule has 31 heavy (non-hydrogen) atoms. The third-order valence-electron chi connectivity index (χ3n) is 6.23. The summed E-state index contributed by atoms with van der Waals surface area (Å²) in [4.78, 5) is 0. The monoisotopic (exact) mass is 410 g/mol. The smallest absolute Gasteiger partial charge is 0.121 e. The molecular formula is C29H30O2. The van der Waals surface area contributed by atoms with Gasteiger partial charge in [-0.3, -0.25) is 0 Å². The second kappa shape index (κ2) is 8.47. The Hall–Kier alpha value is -3.26. The number of aromatic hydroxyl groups is 2. The molecule has 158 valence electrons. The molecule has 0 atom stereocenters. The summed E-state index contributed by atoms with van der Waals surface area (Å²) in [5, 5.41) is 23.9. The number of rotatable bonds is 5. The Kier molecular flexibility index (Phi) is 5.73. The Balaban J connectivity index is 1.80. The van der Waals surface area contributed by atoms with Gasteiger partial charge in [0.1, 0.15) is 11.5 Å². The maximum Gasteiger partial charge on any atom is 0.121 e. The van der Waals surface area contributed by atoms with Gasteiger partial charge < -0.3 is 10.2 Å². The number of phenolic OH excluding ortho intramolecular Hbond substituents is 2. The average molecular weight is 411 g/mol. The van der Waals surface area contributed by atoms with E-state index in [1.54, 1.807) is 0 Å². The lowest BCUT2D eigenvalue weighted by molar-refractivity contribution is 0.454. The highest BCUT2D eigenvalue weighted by molar-refractivity contribution is 5.83. The summed E-state index contributed by atoms with van der Waals surface area (Å²) < 4.78 is 0. The van der Waals surface area contributed by atoms with Crippen LogP contribution < -0.4 is 0 Å². The molecule has 0 saturated carbocycles. The summed E-state index contributed by atoms with van der Waals surface area (Å²) in [6.07, 6.45) is 1.41. The number of fused-ring (bicyclic) bond motifs is 1. The fraction of sp³-hybridized carbons (Fsp3) is 0.241. The maximum atomic E-state index is 10.7. The lowest BCUT2D eigenvalue weighted by Gasteiger charge is -2.21. The van der Waals surface area contributed by atoms with Gasteiger partial charge in [-0.05, 0) is 85.0 Å². The SMILES string of the molecule is Cc1cc(C)c(O)c(CC(Cc2cc(C)cc(C)c2O)c2ccc3ccccc3c2)c1. The molecule has 0 unspecified atom stereocenters. The highest BCUT2D eigenvalue weighted by Crippen LogP contribution is 2.35. The van der Waals surface area contributed by atoms with Crippen molar-refractivity contribution in [2.45, 2.75) is 46.5 Å². The zero-order valence-electron chi connectivity index (χ0n) is 18.7. The van der Waals surface area contributed by atoms with Crippen molar-refractivity contribution in [1.82, 2.24) is 0 Å². The molecule has 4 aromatic rings.